The molecule has 3 aromatic heterocycles. The maximum absolute atomic E-state index is 14.5. The highest BCUT2D eigenvalue weighted by molar-refractivity contribution is 5.75. The highest BCUT2D eigenvalue weighted by atomic mass is 19.1. The highest BCUT2D eigenvalue weighted by Crippen LogP contribution is 2.34. The molecular weight excluding hydrogens is 427 g/mol. The fraction of sp³-hybridized carbons (Fsp3) is 0.364. The fourth-order valence-corrected chi connectivity index (χ4v) is 4.35. The van der Waals surface area contributed by atoms with Gasteiger partial charge in [0.05, 0.1) is 11.7 Å². The molecule has 2 N–H and O–H groups in total. The van der Waals surface area contributed by atoms with Gasteiger partial charge >= 0.3 is 5.97 Å². The van der Waals surface area contributed by atoms with Gasteiger partial charge in [-0.25, -0.2) is 24.9 Å². The van der Waals surface area contributed by atoms with Crippen molar-refractivity contribution in [1.82, 2.24) is 30.2 Å². The van der Waals surface area contributed by atoms with E-state index >= 15 is 0 Å². The first kappa shape index (κ1) is 21.1. The number of pyridine rings is 1. The minimum atomic E-state index is -0.920. The number of hydrogen-bond donors (Lipinski definition) is 2. The van der Waals surface area contributed by atoms with Crippen molar-refractivity contribution in [2.24, 2.45) is 0 Å². The SMILES string of the molecule is CC1c2cnc(-c3ncccn3)nc2CCN1c1cc(N2CCNC(C(=O)O)C2)cc(F)n1. The average Bonchev–Trinajstić information content (AvgIpc) is 2.84. The van der Waals surface area contributed by atoms with E-state index in [1.807, 2.05) is 22.8 Å². The van der Waals surface area contributed by atoms with Crippen molar-refractivity contribution in [2.75, 3.05) is 36.0 Å². The summed E-state index contributed by atoms with van der Waals surface area (Å²) in [6, 6.07) is 4.10. The Labute approximate surface area is 189 Å². The van der Waals surface area contributed by atoms with Crippen LogP contribution in [0.2, 0.25) is 0 Å². The first-order valence-corrected chi connectivity index (χ1v) is 10.8. The Balaban J connectivity index is 1.41. The lowest BCUT2D eigenvalue weighted by atomic mass is 9.99. The quantitative estimate of drug-likeness (QED) is 0.565. The van der Waals surface area contributed by atoms with Gasteiger partial charge in [0.15, 0.2) is 11.6 Å². The third-order valence-electron chi connectivity index (χ3n) is 6.07. The molecule has 1 saturated heterocycles. The molecule has 2 aliphatic rings. The molecule has 3 aromatic rings. The number of aromatic nitrogens is 5. The lowest BCUT2D eigenvalue weighted by Crippen LogP contribution is -2.54. The number of piperazine rings is 1. The summed E-state index contributed by atoms with van der Waals surface area (Å²) in [7, 11) is 0. The van der Waals surface area contributed by atoms with E-state index in [1.165, 1.54) is 6.07 Å². The zero-order valence-electron chi connectivity index (χ0n) is 18.0. The number of halogens is 1. The molecule has 0 aliphatic carbocycles. The fourth-order valence-electron chi connectivity index (χ4n) is 4.35. The molecule has 5 rings (SSSR count). The lowest BCUT2D eigenvalue weighted by molar-refractivity contribution is -0.139. The lowest BCUT2D eigenvalue weighted by Gasteiger charge is -2.37. The van der Waals surface area contributed by atoms with Gasteiger partial charge in [-0.15, -0.1) is 0 Å². The molecule has 1 fully saturated rings. The van der Waals surface area contributed by atoms with Crippen LogP contribution >= 0.6 is 0 Å². The minimum Gasteiger partial charge on any atom is -0.480 e. The maximum atomic E-state index is 14.5. The standard InChI is InChI=1S/C22H23FN8O2/c1-13-15-11-27-21(20-25-4-2-5-26-20)28-16(15)3-7-31(13)19-10-14(9-18(23)29-19)30-8-6-24-17(12-30)22(32)33/h2,4-5,9-11,13,17,24H,3,6-8,12H2,1H3,(H,32,33). The summed E-state index contributed by atoms with van der Waals surface area (Å²) < 4.78 is 14.5. The largest absolute Gasteiger partial charge is 0.480 e. The predicted octanol–water partition coefficient (Wildman–Crippen LogP) is 1.45. The van der Waals surface area contributed by atoms with E-state index in [0.29, 0.717) is 49.2 Å². The smallest absolute Gasteiger partial charge is 0.322 e. The van der Waals surface area contributed by atoms with Gasteiger partial charge in [0.1, 0.15) is 11.9 Å². The third-order valence-corrected chi connectivity index (χ3v) is 6.07. The van der Waals surface area contributed by atoms with Crippen LogP contribution < -0.4 is 15.1 Å². The molecule has 170 valence electrons. The number of carbonyl (C=O) groups is 1. The average molecular weight is 450 g/mol. The number of fused-ring (bicyclic) bond motifs is 1. The van der Waals surface area contributed by atoms with E-state index in [1.54, 1.807) is 24.7 Å². The monoisotopic (exact) mass is 450 g/mol. The molecule has 2 aliphatic heterocycles. The second-order valence-electron chi connectivity index (χ2n) is 8.08. The van der Waals surface area contributed by atoms with Crippen LogP contribution in [0, 0.1) is 5.95 Å². The van der Waals surface area contributed by atoms with Crippen molar-refractivity contribution >= 4 is 17.5 Å². The van der Waals surface area contributed by atoms with Crippen LogP contribution in [0.25, 0.3) is 11.6 Å². The van der Waals surface area contributed by atoms with Crippen molar-refractivity contribution in [3.63, 3.8) is 0 Å². The molecular formula is C22H23FN8O2. The molecule has 0 bridgehead atoms. The molecule has 0 spiro atoms. The van der Waals surface area contributed by atoms with E-state index in [4.69, 9.17) is 0 Å². The van der Waals surface area contributed by atoms with Crippen LogP contribution in [0.4, 0.5) is 15.9 Å². The van der Waals surface area contributed by atoms with Crippen molar-refractivity contribution in [1.29, 1.82) is 0 Å². The van der Waals surface area contributed by atoms with E-state index < -0.39 is 18.0 Å². The maximum Gasteiger partial charge on any atom is 0.322 e. The van der Waals surface area contributed by atoms with Crippen molar-refractivity contribution < 1.29 is 14.3 Å². The second-order valence-corrected chi connectivity index (χ2v) is 8.08. The van der Waals surface area contributed by atoms with Crippen molar-refractivity contribution in [3.8, 4) is 11.6 Å². The summed E-state index contributed by atoms with van der Waals surface area (Å²) in [6.07, 6.45) is 5.72. The minimum absolute atomic E-state index is 0.114. The first-order valence-electron chi connectivity index (χ1n) is 10.8. The zero-order valence-corrected chi connectivity index (χ0v) is 18.0. The van der Waals surface area contributed by atoms with E-state index in [9.17, 15) is 14.3 Å². The normalized spacial score (nSPS) is 20.4. The molecule has 2 atom stereocenters. The molecule has 11 heteroatoms. The number of rotatable bonds is 4. The topological polar surface area (TPSA) is 120 Å². The summed E-state index contributed by atoms with van der Waals surface area (Å²) in [4.78, 5) is 37.0. The van der Waals surface area contributed by atoms with Crippen LogP contribution in [-0.4, -0.2) is 68.2 Å². The Bertz CT molecular complexity index is 1180. The molecule has 0 amide bonds. The number of hydrogen-bond acceptors (Lipinski definition) is 9. The van der Waals surface area contributed by atoms with Gasteiger partial charge in [-0.1, -0.05) is 0 Å². The van der Waals surface area contributed by atoms with E-state index in [-0.39, 0.29) is 12.6 Å². The molecule has 0 aromatic carbocycles. The summed E-state index contributed by atoms with van der Waals surface area (Å²) in [5, 5.41) is 12.3. The Hall–Kier alpha value is -3.73. The summed E-state index contributed by atoms with van der Waals surface area (Å²) in [5.41, 5.74) is 2.48. The molecule has 2 unspecified atom stereocenters. The van der Waals surface area contributed by atoms with Gasteiger partial charge in [0, 0.05) is 74.6 Å². The van der Waals surface area contributed by atoms with Crippen molar-refractivity contribution in [2.45, 2.75) is 25.4 Å². The second kappa shape index (κ2) is 8.66. The van der Waals surface area contributed by atoms with Crippen LogP contribution in [0.3, 0.4) is 0 Å². The van der Waals surface area contributed by atoms with Crippen LogP contribution in [0.1, 0.15) is 24.2 Å². The third kappa shape index (κ3) is 4.19. The van der Waals surface area contributed by atoms with Gasteiger partial charge in [0.2, 0.25) is 5.95 Å². The Kier molecular flexibility index (Phi) is 5.55. The molecule has 10 nitrogen and oxygen atoms in total. The number of carboxylic acids is 1. The number of anilines is 2. The van der Waals surface area contributed by atoms with E-state index in [0.717, 1.165) is 11.3 Å². The number of carboxylic acid groups (broad SMARTS) is 1. The molecule has 5 heterocycles. The van der Waals surface area contributed by atoms with Gasteiger partial charge in [-0.2, -0.15) is 4.39 Å². The predicted molar refractivity (Wildman–Crippen MR) is 118 cm³/mol. The van der Waals surface area contributed by atoms with Crippen LogP contribution in [0.15, 0.2) is 36.8 Å². The molecule has 0 radical (unpaired) electrons. The molecule has 33 heavy (non-hydrogen) atoms. The van der Waals surface area contributed by atoms with Gasteiger partial charge < -0.3 is 20.2 Å². The first-order chi connectivity index (χ1) is 16.0. The zero-order chi connectivity index (χ0) is 22.9. The van der Waals surface area contributed by atoms with Crippen molar-refractivity contribution in [3.05, 3.63) is 54.0 Å². The van der Waals surface area contributed by atoms with E-state index in [2.05, 4.69) is 30.2 Å². The van der Waals surface area contributed by atoms with Crippen LogP contribution in [-0.2, 0) is 11.2 Å². The Morgan fingerprint density at radius 1 is 1.15 bits per heavy atom. The van der Waals surface area contributed by atoms with Crippen LogP contribution in [0.5, 0.6) is 0 Å². The Morgan fingerprint density at radius 2 is 1.97 bits per heavy atom. The van der Waals surface area contributed by atoms with Gasteiger partial charge in [0.25, 0.3) is 0 Å². The van der Waals surface area contributed by atoms with Gasteiger partial charge in [-0.05, 0) is 13.0 Å². The summed E-state index contributed by atoms with van der Waals surface area (Å²) in [6.45, 7) is 3.97. The summed E-state index contributed by atoms with van der Waals surface area (Å²) in [5.74, 6) is -0.0610. The number of nitrogens with zero attached hydrogens (tertiary/aromatic N) is 7. The highest BCUT2D eigenvalue weighted by Gasteiger charge is 2.29. The van der Waals surface area contributed by atoms with Gasteiger partial charge in [-0.3, -0.25) is 4.79 Å². The molecule has 0 saturated carbocycles. The number of nitrogens with one attached hydrogen (secondary N) is 1. The summed E-state index contributed by atoms with van der Waals surface area (Å²) >= 11 is 0. The Morgan fingerprint density at radius 3 is 2.76 bits per heavy atom. The number of aliphatic carboxylic acids is 1.